The van der Waals surface area contributed by atoms with Crippen molar-refractivity contribution in [2.24, 2.45) is 11.8 Å². The van der Waals surface area contributed by atoms with Gasteiger partial charge in [-0.05, 0) is 97.9 Å². The fourth-order valence-corrected chi connectivity index (χ4v) is 7.89. The van der Waals surface area contributed by atoms with Crippen molar-refractivity contribution < 1.29 is 37.8 Å². The second kappa shape index (κ2) is 26.0. The molecule has 2 fully saturated rings. The summed E-state index contributed by atoms with van der Waals surface area (Å²) < 4.78 is 27.4. The topological polar surface area (TPSA) is 150 Å². The van der Waals surface area contributed by atoms with Gasteiger partial charge in [-0.3, -0.25) is 14.5 Å². The van der Waals surface area contributed by atoms with E-state index in [2.05, 4.69) is 21.0 Å². The number of hydrogen-bond donors (Lipinski definition) is 3. The van der Waals surface area contributed by atoms with E-state index in [1.54, 1.807) is 39.0 Å². The number of thioether (sulfide) groups is 1. The molecule has 1 aliphatic heterocycles. The molecule has 4 rings (SSSR count). The Morgan fingerprint density at radius 2 is 1.58 bits per heavy atom. The maximum atomic E-state index is 13.4. The van der Waals surface area contributed by atoms with E-state index in [9.17, 15) is 27.9 Å². The van der Waals surface area contributed by atoms with E-state index in [0.29, 0.717) is 11.6 Å². The van der Waals surface area contributed by atoms with Crippen molar-refractivity contribution in [1.29, 1.82) is 0 Å². The summed E-state index contributed by atoms with van der Waals surface area (Å²) in [4.78, 5) is 38.0. The molecule has 1 heterocycles. The fourth-order valence-electron chi connectivity index (χ4n) is 6.64. The van der Waals surface area contributed by atoms with Gasteiger partial charge in [0.25, 0.3) is 5.91 Å². The third-order valence-electron chi connectivity index (χ3n) is 9.54. The highest BCUT2D eigenvalue weighted by molar-refractivity contribution is 7.98. The van der Waals surface area contributed by atoms with Crippen LogP contribution in [0.3, 0.4) is 0 Å². The van der Waals surface area contributed by atoms with Crippen LogP contribution < -0.4 is 5.32 Å². The summed E-state index contributed by atoms with van der Waals surface area (Å²) in [5, 5.41) is 20.6. The molecule has 0 bridgehead atoms. The summed E-state index contributed by atoms with van der Waals surface area (Å²) in [5.41, 5.74) is 4.23. The molecule has 12 heteroatoms. The van der Waals surface area contributed by atoms with E-state index in [-0.39, 0.29) is 18.1 Å². The third-order valence-corrected chi connectivity index (χ3v) is 11.2. The van der Waals surface area contributed by atoms with Crippen LogP contribution in [0.15, 0.2) is 42.5 Å². The number of carbonyl (C=O) groups excluding carboxylic acids is 1. The number of hydrogen-bond acceptors (Lipinski definition) is 8. The number of likely N-dealkylation sites (tertiary alicyclic amines) is 1. The molecule has 10 nitrogen and oxygen atoms in total. The van der Waals surface area contributed by atoms with Crippen molar-refractivity contribution in [3.8, 4) is 11.1 Å². The lowest BCUT2D eigenvalue weighted by atomic mass is 9.84. The zero-order chi connectivity index (χ0) is 40.0. The number of sulfone groups is 1. The maximum Gasteiger partial charge on any atom is 0.326 e. The average molecular weight is 779 g/mol. The molecule has 1 aliphatic carbocycles. The van der Waals surface area contributed by atoms with Crippen LogP contribution in [0.5, 0.6) is 0 Å². The van der Waals surface area contributed by atoms with Crippen molar-refractivity contribution in [3.05, 3.63) is 59.2 Å². The quantitative estimate of drug-likeness (QED) is 0.163. The Hall–Kier alpha value is -2.93. The lowest BCUT2D eigenvalue weighted by Crippen LogP contribution is -2.42. The number of carbonyl (C=O) groups is 3. The van der Waals surface area contributed by atoms with Crippen LogP contribution in [0, 0.1) is 18.8 Å². The monoisotopic (exact) mass is 778 g/mol. The van der Waals surface area contributed by atoms with Gasteiger partial charge in [0, 0.05) is 38.6 Å². The predicted molar refractivity (Wildman–Crippen MR) is 219 cm³/mol. The molecular weight excluding hydrogens is 713 g/mol. The van der Waals surface area contributed by atoms with E-state index in [4.69, 9.17) is 5.11 Å². The zero-order valence-electron chi connectivity index (χ0n) is 33.4. The Morgan fingerprint density at radius 1 is 0.943 bits per heavy atom. The molecule has 3 unspecified atom stereocenters. The molecule has 2 aromatic rings. The summed E-state index contributed by atoms with van der Waals surface area (Å²) in [5.74, 6) is -1.18. The molecule has 0 spiro atoms. The van der Waals surface area contributed by atoms with E-state index < -0.39 is 33.7 Å². The highest BCUT2D eigenvalue weighted by Crippen LogP contribution is 2.34. The molecule has 1 amide bonds. The first kappa shape index (κ1) is 48.1. The zero-order valence-corrected chi connectivity index (χ0v) is 35.0. The van der Waals surface area contributed by atoms with Gasteiger partial charge in [0.15, 0.2) is 0 Å². The third kappa shape index (κ3) is 18.3. The van der Waals surface area contributed by atoms with Crippen molar-refractivity contribution in [1.82, 2.24) is 10.2 Å². The summed E-state index contributed by atoms with van der Waals surface area (Å²) in [6.07, 6.45) is 14.2. The van der Waals surface area contributed by atoms with Crippen LogP contribution in [0.1, 0.15) is 106 Å². The number of rotatable bonds is 15. The van der Waals surface area contributed by atoms with Gasteiger partial charge in [-0.15, -0.1) is 0 Å². The Bertz CT molecular complexity index is 1490. The van der Waals surface area contributed by atoms with Crippen LogP contribution in [0.4, 0.5) is 0 Å². The summed E-state index contributed by atoms with van der Waals surface area (Å²) >= 11 is 1.68. The van der Waals surface area contributed by atoms with Crippen LogP contribution in [-0.2, 0) is 30.7 Å². The number of aryl methyl sites for hydroxylation is 1. The van der Waals surface area contributed by atoms with Crippen molar-refractivity contribution in [2.75, 3.05) is 44.8 Å². The molecule has 53 heavy (non-hydrogen) atoms. The molecule has 2 aromatic carbocycles. The Balaban J connectivity index is 0.000000859. The van der Waals surface area contributed by atoms with Crippen LogP contribution in [-0.4, -0.2) is 98.2 Å². The molecule has 0 radical (unpaired) electrons. The minimum Gasteiger partial charge on any atom is -0.481 e. The number of amides is 1. The maximum absolute atomic E-state index is 13.4. The van der Waals surface area contributed by atoms with E-state index in [0.717, 1.165) is 59.7 Å². The van der Waals surface area contributed by atoms with E-state index in [1.807, 2.05) is 57.4 Å². The first-order chi connectivity index (χ1) is 25.2. The van der Waals surface area contributed by atoms with Crippen molar-refractivity contribution in [2.45, 2.75) is 111 Å². The molecule has 3 atom stereocenters. The second-order valence-corrected chi connectivity index (χ2v) is 17.2. The summed E-state index contributed by atoms with van der Waals surface area (Å²) in [6, 6.07) is 13.0. The van der Waals surface area contributed by atoms with Gasteiger partial charge in [-0.25, -0.2) is 13.2 Å². The highest BCUT2D eigenvalue weighted by Gasteiger charge is 2.29. The molecule has 1 saturated carbocycles. The standard InChI is InChI=1S/C31H42N2O5S.C6H12O2S.C2H6O.C2H6/c1-22-9-6-7-13-26(22)28-20-24(21-33-17-8-12-25(33)19-23-10-4-3-5-11-23)14-15-27(28)30(34)32-29(31(35)36)16-18-39(2,37)38;1-5(6(7)8)3-4-9-2;1-3-2;1-2/h6-7,9,13-15,20,23,25,29H,3-5,8,10-12,16-19,21H2,1-2H3,(H,32,34)(H,35,36);5H,3-4H2,1-2H3,(H,7,8);1-2H3;1-2H3. The number of aliphatic carboxylic acids is 2. The fraction of sp³-hybridized carbons (Fsp3) is 0.634. The minimum atomic E-state index is -3.36. The number of nitrogens with zero attached hydrogens (tertiary/aromatic N) is 1. The summed E-state index contributed by atoms with van der Waals surface area (Å²) in [6.45, 7) is 9.64. The number of carboxylic acid groups (broad SMARTS) is 2. The largest absolute Gasteiger partial charge is 0.481 e. The number of methoxy groups -OCH3 is 1. The van der Waals surface area contributed by atoms with Gasteiger partial charge in [0.05, 0.1) is 11.7 Å². The molecule has 300 valence electrons. The Labute approximate surface area is 323 Å². The van der Waals surface area contributed by atoms with Crippen LogP contribution >= 0.6 is 11.8 Å². The van der Waals surface area contributed by atoms with Crippen LogP contribution in [0.2, 0.25) is 0 Å². The predicted octanol–water partition coefficient (Wildman–Crippen LogP) is 7.96. The average Bonchev–Trinajstić information content (AvgIpc) is 3.56. The Morgan fingerprint density at radius 3 is 2.15 bits per heavy atom. The lowest BCUT2D eigenvalue weighted by Gasteiger charge is -2.30. The van der Waals surface area contributed by atoms with Gasteiger partial charge in [0.1, 0.15) is 15.9 Å². The minimum absolute atomic E-state index is 0.183. The first-order valence-electron chi connectivity index (χ1n) is 19.0. The van der Waals surface area contributed by atoms with Gasteiger partial charge < -0.3 is 20.3 Å². The van der Waals surface area contributed by atoms with E-state index >= 15 is 0 Å². The van der Waals surface area contributed by atoms with Gasteiger partial charge in [-0.2, -0.15) is 11.8 Å². The number of carboxylic acids is 2. The molecule has 1 saturated heterocycles. The lowest BCUT2D eigenvalue weighted by molar-refractivity contribution is -0.141. The number of ether oxygens (including phenoxy) is 1. The highest BCUT2D eigenvalue weighted by atomic mass is 32.2. The molecular formula is C41H66N2O8S2. The number of benzene rings is 2. The normalized spacial score (nSPS) is 17.1. The van der Waals surface area contributed by atoms with Gasteiger partial charge in [-0.1, -0.05) is 83.2 Å². The first-order valence-corrected chi connectivity index (χ1v) is 22.4. The van der Waals surface area contributed by atoms with Gasteiger partial charge in [0.2, 0.25) is 0 Å². The van der Waals surface area contributed by atoms with E-state index in [1.165, 1.54) is 51.4 Å². The number of nitrogens with one attached hydrogen (secondary N) is 1. The molecule has 0 aromatic heterocycles. The van der Waals surface area contributed by atoms with Crippen molar-refractivity contribution >= 4 is 39.4 Å². The molecule has 2 aliphatic rings. The van der Waals surface area contributed by atoms with Gasteiger partial charge >= 0.3 is 11.9 Å². The molecule has 3 N–H and O–H groups in total. The smallest absolute Gasteiger partial charge is 0.326 e. The van der Waals surface area contributed by atoms with Crippen LogP contribution in [0.25, 0.3) is 11.1 Å². The second-order valence-electron chi connectivity index (χ2n) is 13.9. The summed E-state index contributed by atoms with van der Waals surface area (Å²) in [7, 11) is -0.111. The SMILES string of the molecule is CC.COC.CSCCC(C)C(=O)O.Cc1ccccc1-c1cc(CN2CCCC2CC2CCCCC2)ccc1C(=O)NC(CCS(C)(=O)=O)C(=O)O. The Kier molecular flexibility index (Phi) is 23.6. The van der Waals surface area contributed by atoms with Crippen molar-refractivity contribution in [3.63, 3.8) is 0 Å².